The molecule has 2 atom stereocenters. The number of carboxylic acids is 1. The first-order valence-corrected chi connectivity index (χ1v) is 9.25. The van der Waals surface area contributed by atoms with Crippen molar-refractivity contribution in [2.45, 2.75) is 30.2 Å². The molecular formula is C16H22N2O6S. The van der Waals surface area contributed by atoms with Gasteiger partial charge in [0.1, 0.15) is 10.6 Å². The van der Waals surface area contributed by atoms with Gasteiger partial charge in [-0.15, -0.1) is 0 Å². The number of aliphatic carboxylic acids is 1. The average Bonchev–Trinajstić information content (AvgIpc) is 3.02. The number of carboxylic acid groups (broad SMARTS) is 1. The van der Waals surface area contributed by atoms with Gasteiger partial charge in [0.25, 0.3) is 5.91 Å². The molecule has 1 amide bonds. The molecule has 1 aliphatic carbocycles. The molecule has 0 radical (unpaired) electrons. The van der Waals surface area contributed by atoms with Crippen molar-refractivity contribution in [3.63, 3.8) is 0 Å². The molecule has 0 saturated heterocycles. The Morgan fingerprint density at radius 3 is 2.48 bits per heavy atom. The fraction of sp³-hybridized carbons (Fsp3) is 0.500. The number of hydrogen-bond donors (Lipinski definition) is 2. The zero-order chi connectivity index (χ0) is 18.8. The molecule has 0 spiro atoms. The highest BCUT2D eigenvalue weighted by atomic mass is 32.2. The van der Waals surface area contributed by atoms with Gasteiger partial charge in [-0.1, -0.05) is 0 Å². The molecule has 0 unspecified atom stereocenters. The molecule has 0 aromatic heterocycles. The van der Waals surface area contributed by atoms with E-state index < -0.39 is 27.8 Å². The van der Waals surface area contributed by atoms with E-state index in [9.17, 15) is 18.0 Å². The lowest BCUT2D eigenvalue weighted by Crippen LogP contribution is -2.33. The molecule has 2 rings (SSSR count). The van der Waals surface area contributed by atoms with Crippen molar-refractivity contribution in [3.05, 3.63) is 23.8 Å². The lowest BCUT2D eigenvalue weighted by molar-refractivity contribution is -0.141. The molecule has 0 heterocycles. The Kier molecular flexibility index (Phi) is 5.69. The van der Waals surface area contributed by atoms with E-state index in [1.807, 2.05) is 0 Å². The number of benzene rings is 1. The largest absolute Gasteiger partial charge is 0.495 e. The van der Waals surface area contributed by atoms with E-state index in [0.717, 1.165) is 4.31 Å². The van der Waals surface area contributed by atoms with Crippen LogP contribution in [-0.2, 0) is 14.8 Å². The molecule has 1 aliphatic rings. The second-order valence-corrected chi connectivity index (χ2v) is 8.29. The van der Waals surface area contributed by atoms with Gasteiger partial charge < -0.3 is 15.2 Å². The fourth-order valence-corrected chi connectivity index (χ4v) is 3.90. The molecular weight excluding hydrogens is 348 g/mol. The third kappa shape index (κ3) is 4.10. The van der Waals surface area contributed by atoms with Gasteiger partial charge >= 0.3 is 5.97 Å². The van der Waals surface area contributed by atoms with E-state index in [1.165, 1.54) is 39.4 Å². The maximum atomic E-state index is 12.4. The molecule has 0 aliphatic heterocycles. The van der Waals surface area contributed by atoms with Crippen LogP contribution in [0.15, 0.2) is 23.1 Å². The Balaban J connectivity index is 2.22. The second-order valence-electron chi connectivity index (χ2n) is 6.17. The van der Waals surface area contributed by atoms with E-state index in [0.29, 0.717) is 19.3 Å². The van der Waals surface area contributed by atoms with Crippen LogP contribution in [0.25, 0.3) is 0 Å². The van der Waals surface area contributed by atoms with Crippen LogP contribution in [0.4, 0.5) is 0 Å². The first kappa shape index (κ1) is 19.2. The van der Waals surface area contributed by atoms with Gasteiger partial charge in [-0.2, -0.15) is 0 Å². The van der Waals surface area contributed by atoms with Crippen LogP contribution < -0.4 is 10.1 Å². The Bertz CT molecular complexity index is 775. The highest BCUT2D eigenvalue weighted by Gasteiger charge is 2.31. The molecule has 138 valence electrons. The van der Waals surface area contributed by atoms with Gasteiger partial charge in [0.2, 0.25) is 10.0 Å². The van der Waals surface area contributed by atoms with Crippen molar-refractivity contribution in [3.8, 4) is 5.75 Å². The van der Waals surface area contributed by atoms with Gasteiger partial charge in [0.05, 0.1) is 13.0 Å². The topological polar surface area (TPSA) is 113 Å². The summed E-state index contributed by atoms with van der Waals surface area (Å²) in [6.45, 7) is 0. The summed E-state index contributed by atoms with van der Waals surface area (Å²) >= 11 is 0. The Morgan fingerprint density at radius 1 is 1.28 bits per heavy atom. The molecule has 1 aromatic rings. The van der Waals surface area contributed by atoms with Crippen molar-refractivity contribution in [2.24, 2.45) is 5.92 Å². The Labute approximate surface area is 146 Å². The summed E-state index contributed by atoms with van der Waals surface area (Å²) in [7, 11) is 0.373. The first-order chi connectivity index (χ1) is 11.7. The number of sulfonamides is 1. The van der Waals surface area contributed by atoms with Gasteiger partial charge in [-0.05, 0) is 37.5 Å². The van der Waals surface area contributed by atoms with Crippen LogP contribution in [-0.4, -0.2) is 57.0 Å². The number of nitrogens with one attached hydrogen (secondary N) is 1. The summed E-state index contributed by atoms with van der Waals surface area (Å²) in [4.78, 5) is 23.3. The summed E-state index contributed by atoms with van der Waals surface area (Å²) in [5.74, 6) is -1.60. The SMILES string of the molecule is COc1ccc(C(=O)N[C@H]2CC[C@@H](C(=O)O)C2)cc1S(=O)(=O)N(C)C. The standard InChI is InChI=1S/C16H22N2O6S/c1-18(2)25(22,23)14-9-10(5-7-13(14)24-3)15(19)17-12-6-4-11(8-12)16(20)21/h5,7,9,11-12H,4,6,8H2,1-3H3,(H,17,19)(H,20,21)/t11-,12+/m1/s1. The molecule has 1 saturated carbocycles. The summed E-state index contributed by atoms with van der Waals surface area (Å²) < 4.78 is 30.9. The zero-order valence-corrected chi connectivity index (χ0v) is 15.2. The predicted octanol–water partition coefficient (Wildman–Crippen LogP) is 0.929. The number of rotatable bonds is 6. The number of nitrogens with zero attached hydrogens (tertiary/aromatic N) is 1. The molecule has 8 nitrogen and oxygen atoms in total. The van der Waals surface area contributed by atoms with Gasteiger partial charge in [0.15, 0.2) is 0 Å². The fourth-order valence-electron chi connectivity index (χ4n) is 2.82. The number of amides is 1. The maximum absolute atomic E-state index is 12.4. The summed E-state index contributed by atoms with van der Waals surface area (Å²) in [6.07, 6.45) is 1.48. The third-order valence-corrected chi connectivity index (χ3v) is 6.14. The number of hydrogen-bond acceptors (Lipinski definition) is 5. The minimum absolute atomic E-state index is 0.0949. The summed E-state index contributed by atoms with van der Waals surface area (Å²) in [5, 5.41) is 11.8. The van der Waals surface area contributed by atoms with Crippen LogP contribution in [0.1, 0.15) is 29.6 Å². The first-order valence-electron chi connectivity index (χ1n) is 7.81. The number of methoxy groups -OCH3 is 1. The van der Waals surface area contributed by atoms with E-state index in [1.54, 1.807) is 0 Å². The van der Waals surface area contributed by atoms with Crippen LogP contribution in [0.5, 0.6) is 5.75 Å². The lowest BCUT2D eigenvalue weighted by atomic mass is 10.1. The Hall–Kier alpha value is -2.13. The Morgan fingerprint density at radius 2 is 1.96 bits per heavy atom. The molecule has 9 heteroatoms. The minimum Gasteiger partial charge on any atom is -0.495 e. The second kappa shape index (κ2) is 7.40. The maximum Gasteiger partial charge on any atom is 0.306 e. The molecule has 1 fully saturated rings. The summed E-state index contributed by atoms with van der Waals surface area (Å²) in [5.41, 5.74) is 0.181. The minimum atomic E-state index is -3.77. The van der Waals surface area contributed by atoms with Crippen molar-refractivity contribution in [1.82, 2.24) is 9.62 Å². The molecule has 2 N–H and O–H groups in total. The van der Waals surface area contributed by atoms with E-state index in [4.69, 9.17) is 9.84 Å². The average molecular weight is 370 g/mol. The molecule has 0 bridgehead atoms. The monoisotopic (exact) mass is 370 g/mol. The van der Waals surface area contributed by atoms with Gasteiger partial charge in [-0.25, -0.2) is 12.7 Å². The number of carbonyl (C=O) groups excluding carboxylic acids is 1. The quantitative estimate of drug-likeness (QED) is 0.770. The van der Waals surface area contributed by atoms with Crippen molar-refractivity contribution in [2.75, 3.05) is 21.2 Å². The number of ether oxygens (including phenoxy) is 1. The van der Waals surface area contributed by atoms with Crippen LogP contribution in [0.3, 0.4) is 0 Å². The number of carbonyl (C=O) groups is 2. The van der Waals surface area contributed by atoms with E-state index in [2.05, 4.69) is 5.32 Å². The highest BCUT2D eigenvalue weighted by Crippen LogP contribution is 2.28. The smallest absolute Gasteiger partial charge is 0.306 e. The lowest BCUT2D eigenvalue weighted by Gasteiger charge is -2.16. The van der Waals surface area contributed by atoms with Crippen molar-refractivity contribution < 1.29 is 27.9 Å². The molecule has 25 heavy (non-hydrogen) atoms. The van der Waals surface area contributed by atoms with Crippen molar-refractivity contribution in [1.29, 1.82) is 0 Å². The third-order valence-electron chi connectivity index (χ3n) is 4.30. The van der Waals surface area contributed by atoms with E-state index >= 15 is 0 Å². The van der Waals surface area contributed by atoms with Crippen LogP contribution in [0, 0.1) is 5.92 Å². The van der Waals surface area contributed by atoms with E-state index in [-0.39, 0.29) is 22.3 Å². The molecule has 1 aromatic carbocycles. The summed E-state index contributed by atoms with van der Waals surface area (Å²) in [6, 6.07) is 3.95. The van der Waals surface area contributed by atoms with Crippen LogP contribution >= 0.6 is 0 Å². The van der Waals surface area contributed by atoms with Crippen molar-refractivity contribution >= 4 is 21.9 Å². The van der Waals surface area contributed by atoms with Crippen LogP contribution in [0.2, 0.25) is 0 Å². The highest BCUT2D eigenvalue weighted by molar-refractivity contribution is 7.89. The van der Waals surface area contributed by atoms with Gasteiger partial charge in [0, 0.05) is 25.7 Å². The zero-order valence-electron chi connectivity index (χ0n) is 14.4. The normalized spacial score (nSPS) is 20.5. The predicted molar refractivity (Wildman–Crippen MR) is 90.1 cm³/mol. The van der Waals surface area contributed by atoms with Gasteiger partial charge in [-0.3, -0.25) is 9.59 Å².